The van der Waals surface area contributed by atoms with Crippen LogP contribution in [0, 0.1) is 29.9 Å². The molecule has 7 atom stereocenters. The van der Waals surface area contributed by atoms with E-state index in [0.29, 0.717) is 46.2 Å². The molecule has 2 aromatic carbocycles. The molecule has 4 saturated heterocycles. The third-order valence-electron chi connectivity index (χ3n) is 11.7. The highest BCUT2D eigenvalue weighted by molar-refractivity contribution is 6.03. The Morgan fingerprint density at radius 2 is 2.07 bits per heavy atom. The highest BCUT2D eigenvalue weighted by atomic mass is 19.1. The Kier molecular flexibility index (Phi) is 5.59. The molecule has 4 aromatic rings. The lowest BCUT2D eigenvalue weighted by molar-refractivity contribution is 0.0866. The van der Waals surface area contributed by atoms with Crippen LogP contribution in [-0.2, 0) is 0 Å². The minimum atomic E-state index is -0.637. The number of benzene rings is 2. The maximum atomic E-state index is 17.1. The zero-order chi connectivity index (χ0) is 30.9. The predicted octanol–water partition coefficient (Wildman–Crippen LogP) is 5.20. The molecule has 8 nitrogen and oxygen atoms in total. The summed E-state index contributed by atoms with van der Waals surface area (Å²) in [6.07, 6.45) is 12.3. The fraction of sp³-hybridized carbons (Fsp3) is 0.472. The van der Waals surface area contributed by atoms with Gasteiger partial charge >= 0.3 is 6.01 Å². The lowest BCUT2D eigenvalue weighted by Crippen LogP contribution is -2.62. The van der Waals surface area contributed by atoms with E-state index in [1.54, 1.807) is 18.2 Å². The van der Waals surface area contributed by atoms with E-state index in [2.05, 4.69) is 21.0 Å². The zero-order valence-corrected chi connectivity index (χ0v) is 25.6. The Morgan fingerprint density at radius 1 is 1.15 bits per heavy atom. The highest BCUT2D eigenvalue weighted by Gasteiger charge is 2.61. The molecule has 2 aromatic heterocycles. The molecule has 234 valence electrons. The first-order chi connectivity index (χ1) is 22.4. The minimum Gasteiger partial charge on any atom is -0.472 e. The predicted molar refractivity (Wildman–Crippen MR) is 170 cm³/mol. The summed E-state index contributed by atoms with van der Waals surface area (Å²) in [4.78, 5) is 19.5. The van der Waals surface area contributed by atoms with Crippen LogP contribution in [0.25, 0.3) is 32.9 Å². The smallest absolute Gasteiger partial charge is 0.319 e. The first-order valence-corrected chi connectivity index (χ1v) is 16.6. The molecule has 46 heavy (non-hydrogen) atoms. The van der Waals surface area contributed by atoms with E-state index in [4.69, 9.17) is 30.8 Å². The summed E-state index contributed by atoms with van der Waals surface area (Å²) in [7, 11) is 0. The standard InChI is InChI=1S/C36H34F2N6O2/c1-3-22-24(37)10-8-19-6-4-7-23(27(19)22)30-29(38)31-28-33(43-16-21-9-11-25(39-21)32(43)18(2)46-34(28)40-30)42-35(41-31)45-17-36-12-5-13-44(36)26-14-20(26)15-36/h1,4,6-8,10,18,20-21,25-26,32,39H,5,9,11-17H2,2H3/t18-,20-,21+,25-,26-,32+,36?/m0/s1. The lowest BCUT2D eigenvalue weighted by atomic mass is 9.93. The van der Waals surface area contributed by atoms with Crippen LogP contribution in [0.4, 0.5) is 14.6 Å². The summed E-state index contributed by atoms with van der Waals surface area (Å²) in [5, 5.41) is 5.31. The van der Waals surface area contributed by atoms with Crippen molar-refractivity contribution in [3.63, 3.8) is 0 Å². The fourth-order valence-electron chi connectivity index (χ4n) is 9.66. The number of aromatic nitrogens is 3. The Bertz CT molecular complexity index is 2010. The van der Waals surface area contributed by atoms with Crippen LogP contribution in [0.2, 0.25) is 0 Å². The number of anilines is 1. The topological polar surface area (TPSA) is 75.6 Å². The second kappa shape index (κ2) is 9.49. The number of rotatable bonds is 4. The molecule has 6 aliphatic rings. The average Bonchev–Trinajstić information content (AvgIpc) is 3.38. The van der Waals surface area contributed by atoms with Gasteiger partial charge in [0.25, 0.3) is 0 Å². The van der Waals surface area contributed by atoms with Crippen molar-refractivity contribution in [2.24, 2.45) is 5.92 Å². The number of ether oxygens (including phenoxy) is 2. The zero-order valence-electron chi connectivity index (χ0n) is 25.6. The molecule has 7 heterocycles. The summed E-state index contributed by atoms with van der Waals surface area (Å²) in [5.74, 6) is 2.92. The molecular weight excluding hydrogens is 586 g/mol. The molecule has 5 fully saturated rings. The van der Waals surface area contributed by atoms with Gasteiger partial charge in [-0.05, 0) is 69.4 Å². The van der Waals surface area contributed by atoms with Gasteiger partial charge < -0.3 is 19.7 Å². The first-order valence-electron chi connectivity index (χ1n) is 16.6. The maximum Gasteiger partial charge on any atom is 0.319 e. The van der Waals surface area contributed by atoms with Gasteiger partial charge in [0.15, 0.2) is 5.82 Å². The molecule has 1 aliphatic carbocycles. The van der Waals surface area contributed by atoms with Crippen molar-refractivity contribution >= 4 is 27.5 Å². The Balaban J connectivity index is 1.17. The van der Waals surface area contributed by atoms with Gasteiger partial charge in [0.05, 0.1) is 17.1 Å². The SMILES string of the molecule is C#Cc1c(F)ccc2cccc(-c3nc4c5c(nc(OCC67CCCN6[C@H]6C[C@H]6C7)nc5c3F)N3C[C@H]5CC[C@H](N5)[C@H]3[C@H](C)O4)c12. The molecule has 5 aliphatic heterocycles. The first kappa shape index (κ1) is 27.1. The number of hydrogen-bond acceptors (Lipinski definition) is 8. The quantitative estimate of drug-likeness (QED) is 0.312. The van der Waals surface area contributed by atoms with Gasteiger partial charge in [-0.25, -0.2) is 13.8 Å². The number of pyridine rings is 1. The lowest BCUT2D eigenvalue weighted by Gasteiger charge is -2.42. The van der Waals surface area contributed by atoms with Crippen molar-refractivity contribution < 1.29 is 18.3 Å². The van der Waals surface area contributed by atoms with Crippen LogP contribution in [-0.4, -0.2) is 75.4 Å². The van der Waals surface area contributed by atoms with Crippen LogP contribution in [0.15, 0.2) is 30.3 Å². The van der Waals surface area contributed by atoms with Gasteiger partial charge in [-0.2, -0.15) is 9.97 Å². The van der Waals surface area contributed by atoms with Crippen molar-refractivity contribution in [1.29, 1.82) is 0 Å². The number of halogens is 2. The van der Waals surface area contributed by atoms with Crippen molar-refractivity contribution in [1.82, 2.24) is 25.2 Å². The van der Waals surface area contributed by atoms with E-state index < -0.39 is 11.6 Å². The molecule has 0 radical (unpaired) electrons. The molecule has 0 spiro atoms. The van der Waals surface area contributed by atoms with Crippen molar-refractivity contribution in [3.05, 3.63) is 47.5 Å². The van der Waals surface area contributed by atoms with Crippen molar-refractivity contribution in [2.45, 2.75) is 81.3 Å². The normalized spacial score (nSPS) is 32.1. The maximum absolute atomic E-state index is 17.1. The average molecular weight is 621 g/mol. The Hall–Kier alpha value is -4.07. The number of piperidine rings is 1. The summed E-state index contributed by atoms with van der Waals surface area (Å²) in [6, 6.07) is 9.66. The molecule has 10 rings (SSSR count). The van der Waals surface area contributed by atoms with Gasteiger partial charge in [-0.1, -0.05) is 30.2 Å². The van der Waals surface area contributed by atoms with Crippen LogP contribution >= 0.6 is 0 Å². The van der Waals surface area contributed by atoms with Crippen molar-refractivity contribution in [3.8, 4) is 35.5 Å². The number of terminal acetylenes is 1. The van der Waals surface area contributed by atoms with E-state index in [1.807, 2.05) is 13.0 Å². The Morgan fingerprint density at radius 3 is 2.96 bits per heavy atom. The fourth-order valence-corrected chi connectivity index (χ4v) is 9.66. The van der Waals surface area contributed by atoms with Crippen LogP contribution in [0.5, 0.6) is 11.9 Å². The van der Waals surface area contributed by atoms with Crippen LogP contribution in [0.1, 0.15) is 51.0 Å². The van der Waals surface area contributed by atoms with Gasteiger partial charge in [-0.3, -0.25) is 4.90 Å². The van der Waals surface area contributed by atoms with Gasteiger partial charge in [0.1, 0.15) is 40.9 Å². The summed E-state index contributed by atoms with van der Waals surface area (Å²) < 4.78 is 45.2. The summed E-state index contributed by atoms with van der Waals surface area (Å²) >= 11 is 0. The number of hydrogen-bond donors (Lipinski definition) is 1. The molecule has 0 amide bonds. The second-order valence-electron chi connectivity index (χ2n) is 14.2. The van der Waals surface area contributed by atoms with E-state index in [0.717, 1.165) is 51.1 Å². The van der Waals surface area contributed by atoms with E-state index in [1.165, 1.54) is 12.5 Å². The van der Waals surface area contributed by atoms with E-state index >= 15 is 4.39 Å². The monoisotopic (exact) mass is 620 g/mol. The molecule has 1 saturated carbocycles. The molecule has 2 bridgehead atoms. The third-order valence-corrected chi connectivity index (χ3v) is 11.7. The Labute approximate surface area is 265 Å². The number of fused-ring (bicyclic) bond motifs is 9. The second-order valence-corrected chi connectivity index (χ2v) is 14.2. The molecule has 10 heteroatoms. The minimum absolute atomic E-state index is 0.0000934. The molecule has 1 N–H and O–H groups in total. The van der Waals surface area contributed by atoms with Gasteiger partial charge in [-0.15, -0.1) is 6.42 Å². The largest absolute Gasteiger partial charge is 0.472 e. The van der Waals surface area contributed by atoms with Crippen LogP contribution < -0.4 is 19.7 Å². The molecular formula is C36H34F2N6O2. The molecule has 1 unspecified atom stereocenters. The van der Waals surface area contributed by atoms with E-state index in [-0.39, 0.29) is 52.4 Å². The van der Waals surface area contributed by atoms with E-state index in [9.17, 15) is 4.39 Å². The number of nitrogens with zero attached hydrogens (tertiary/aromatic N) is 5. The highest BCUT2D eigenvalue weighted by Crippen LogP contribution is 2.57. The third kappa shape index (κ3) is 3.70. The summed E-state index contributed by atoms with van der Waals surface area (Å²) in [5.41, 5.74) is 0.544. The van der Waals surface area contributed by atoms with Gasteiger partial charge in [0.2, 0.25) is 5.88 Å². The summed E-state index contributed by atoms with van der Waals surface area (Å²) in [6.45, 7) is 4.34. The number of piperazine rings is 1. The van der Waals surface area contributed by atoms with Crippen LogP contribution in [0.3, 0.4) is 0 Å². The van der Waals surface area contributed by atoms with Crippen molar-refractivity contribution in [2.75, 3.05) is 24.6 Å². The number of nitrogens with one attached hydrogen (secondary N) is 1. The van der Waals surface area contributed by atoms with Gasteiger partial charge in [0, 0.05) is 35.6 Å².